The summed E-state index contributed by atoms with van der Waals surface area (Å²) in [5, 5.41) is 2.62. The Morgan fingerprint density at radius 2 is 1.84 bits per heavy atom. The van der Waals surface area contributed by atoms with Gasteiger partial charge < -0.3 is 5.32 Å². The Bertz CT molecular complexity index is 591. The van der Waals surface area contributed by atoms with Crippen molar-refractivity contribution in [2.75, 3.05) is 6.54 Å². The molecule has 1 aromatic carbocycles. The average Bonchev–Trinajstić information content (AvgIpc) is 2.77. The van der Waals surface area contributed by atoms with Gasteiger partial charge in [-0.1, -0.05) is 30.3 Å². The number of amides is 1. The van der Waals surface area contributed by atoms with Crippen LogP contribution in [0.4, 0.5) is 0 Å². The number of Topliss-reactive ketones (excluding diaryl/α,β-unsaturated/α-hetero) is 1. The van der Waals surface area contributed by atoms with Crippen molar-refractivity contribution in [1.82, 2.24) is 5.32 Å². The van der Waals surface area contributed by atoms with Gasteiger partial charge in [0.1, 0.15) is 0 Å². The topological polar surface area (TPSA) is 46.2 Å². The van der Waals surface area contributed by atoms with E-state index in [1.54, 1.807) is 30.3 Å². The van der Waals surface area contributed by atoms with E-state index >= 15 is 0 Å². The van der Waals surface area contributed by atoms with E-state index in [9.17, 15) is 9.59 Å². The van der Waals surface area contributed by atoms with Crippen LogP contribution in [-0.4, -0.2) is 18.2 Å². The Morgan fingerprint density at radius 1 is 1.16 bits per heavy atom. The van der Waals surface area contributed by atoms with Crippen molar-refractivity contribution >= 4 is 54.9 Å². The summed E-state index contributed by atoms with van der Waals surface area (Å²) in [4.78, 5) is 24.2. The lowest BCUT2D eigenvalue weighted by molar-refractivity contribution is 0.0906. The van der Waals surface area contributed by atoms with Crippen LogP contribution >= 0.6 is 43.2 Å². The van der Waals surface area contributed by atoms with Crippen LogP contribution in [-0.2, 0) is 0 Å². The minimum atomic E-state index is -0.249. The maximum atomic E-state index is 11.9. The first kappa shape index (κ1) is 14.4. The number of halogens is 2. The summed E-state index contributed by atoms with van der Waals surface area (Å²) >= 11 is 7.96. The highest BCUT2D eigenvalue weighted by Gasteiger charge is 2.13. The van der Waals surface area contributed by atoms with Gasteiger partial charge in [-0.3, -0.25) is 9.59 Å². The molecule has 2 aromatic rings. The molecule has 6 heteroatoms. The van der Waals surface area contributed by atoms with Gasteiger partial charge in [0, 0.05) is 10.0 Å². The largest absolute Gasteiger partial charge is 0.344 e. The molecule has 0 fully saturated rings. The first-order chi connectivity index (χ1) is 9.08. The summed E-state index contributed by atoms with van der Waals surface area (Å²) in [5.74, 6) is -0.357. The summed E-state index contributed by atoms with van der Waals surface area (Å²) in [7, 11) is 0. The van der Waals surface area contributed by atoms with Gasteiger partial charge in [0.2, 0.25) is 0 Å². The number of rotatable bonds is 4. The standard InChI is InChI=1S/C13H9Br2NO2S/c14-9-6-11(19-12(9)15)13(18)16-7-10(17)8-4-2-1-3-5-8/h1-6H,7H2,(H,16,18). The van der Waals surface area contributed by atoms with Crippen LogP contribution < -0.4 is 5.32 Å². The molecule has 19 heavy (non-hydrogen) atoms. The van der Waals surface area contributed by atoms with Crippen LogP contribution in [0.3, 0.4) is 0 Å². The van der Waals surface area contributed by atoms with Gasteiger partial charge in [0.25, 0.3) is 5.91 Å². The molecular formula is C13H9Br2NO2S. The summed E-state index contributed by atoms with van der Waals surface area (Å²) < 4.78 is 1.68. The smallest absolute Gasteiger partial charge is 0.261 e. The zero-order valence-corrected chi connectivity index (χ0v) is 13.6. The summed E-state index contributed by atoms with van der Waals surface area (Å²) in [6, 6.07) is 10.6. The highest BCUT2D eigenvalue weighted by molar-refractivity contribution is 9.13. The van der Waals surface area contributed by atoms with Crippen molar-refractivity contribution in [2.24, 2.45) is 0 Å². The van der Waals surface area contributed by atoms with E-state index in [0.717, 1.165) is 8.26 Å². The molecule has 0 spiro atoms. The molecule has 98 valence electrons. The molecule has 2 rings (SSSR count). The Morgan fingerprint density at radius 3 is 2.42 bits per heavy atom. The molecule has 3 nitrogen and oxygen atoms in total. The molecule has 1 N–H and O–H groups in total. The molecule has 0 radical (unpaired) electrons. The van der Waals surface area contributed by atoms with Crippen LogP contribution in [0.5, 0.6) is 0 Å². The minimum Gasteiger partial charge on any atom is -0.344 e. The number of carbonyl (C=O) groups excluding carboxylic acids is 2. The SMILES string of the molecule is O=C(CNC(=O)c1cc(Br)c(Br)s1)c1ccccc1. The van der Waals surface area contributed by atoms with Gasteiger partial charge in [-0.15, -0.1) is 11.3 Å². The van der Waals surface area contributed by atoms with Gasteiger partial charge in [-0.25, -0.2) is 0 Å². The van der Waals surface area contributed by atoms with Crippen LogP contribution in [0, 0.1) is 0 Å². The van der Waals surface area contributed by atoms with E-state index < -0.39 is 0 Å². The normalized spacial score (nSPS) is 10.2. The highest BCUT2D eigenvalue weighted by Crippen LogP contribution is 2.32. The molecule has 1 amide bonds. The lowest BCUT2D eigenvalue weighted by Gasteiger charge is -2.02. The minimum absolute atomic E-state index is 0.00398. The molecule has 0 bridgehead atoms. The number of benzene rings is 1. The van der Waals surface area contributed by atoms with Gasteiger partial charge in [-0.2, -0.15) is 0 Å². The number of hydrogen-bond donors (Lipinski definition) is 1. The number of ketones is 1. The fraction of sp³-hybridized carbons (Fsp3) is 0.0769. The van der Waals surface area contributed by atoms with E-state index in [2.05, 4.69) is 37.2 Å². The second-order valence-corrected chi connectivity index (χ2v) is 6.93. The van der Waals surface area contributed by atoms with Crippen molar-refractivity contribution in [1.29, 1.82) is 0 Å². The second-order valence-electron chi connectivity index (χ2n) is 3.70. The van der Waals surface area contributed by atoms with E-state index in [1.165, 1.54) is 11.3 Å². The maximum Gasteiger partial charge on any atom is 0.261 e. The third-order valence-electron chi connectivity index (χ3n) is 2.37. The molecule has 0 atom stereocenters. The zero-order valence-electron chi connectivity index (χ0n) is 9.65. The number of hydrogen-bond acceptors (Lipinski definition) is 3. The van der Waals surface area contributed by atoms with Crippen LogP contribution in [0.1, 0.15) is 20.0 Å². The quantitative estimate of drug-likeness (QED) is 0.788. The third-order valence-corrected chi connectivity index (χ3v) is 5.63. The molecule has 1 aromatic heterocycles. The van der Waals surface area contributed by atoms with E-state index in [1.807, 2.05) is 6.07 Å². The molecule has 0 aliphatic heterocycles. The zero-order chi connectivity index (χ0) is 13.8. The van der Waals surface area contributed by atoms with Crippen LogP contribution in [0.15, 0.2) is 44.7 Å². The first-order valence-electron chi connectivity index (χ1n) is 5.39. The lowest BCUT2D eigenvalue weighted by atomic mass is 10.1. The predicted octanol–water partition coefficient (Wildman–Crippen LogP) is 3.89. The Balaban J connectivity index is 1.96. The highest BCUT2D eigenvalue weighted by atomic mass is 79.9. The van der Waals surface area contributed by atoms with Gasteiger partial charge >= 0.3 is 0 Å². The Labute approximate surface area is 131 Å². The van der Waals surface area contributed by atoms with Crippen molar-refractivity contribution in [3.63, 3.8) is 0 Å². The predicted molar refractivity (Wildman–Crippen MR) is 82.8 cm³/mol. The van der Waals surface area contributed by atoms with Crippen molar-refractivity contribution in [2.45, 2.75) is 0 Å². The molecule has 0 saturated carbocycles. The summed E-state index contributed by atoms with van der Waals surface area (Å²) in [6.45, 7) is -0.00398. The fourth-order valence-corrected chi connectivity index (χ4v) is 3.38. The molecule has 0 aliphatic rings. The molecule has 0 aliphatic carbocycles. The van der Waals surface area contributed by atoms with Gasteiger partial charge in [0.05, 0.1) is 15.2 Å². The molecule has 0 saturated heterocycles. The van der Waals surface area contributed by atoms with Crippen molar-refractivity contribution in [3.8, 4) is 0 Å². The fourth-order valence-electron chi connectivity index (χ4n) is 1.43. The second kappa shape index (κ2) is 6.45. The number of nitrogens with one attached hydrogen (secondary N) is 1. The first-order valence-corrected chi connectivity index (χ1v) is 7.79. The average molecular weight is 403 g/mol. The Hall–Kier alpha value is -0.980. The molecular weight excluding hydrogens is 394 g/mol. The maximum absolute atomic E-state index is 11.9. The van der Waals surface area contributed by atoms with Gasteiger partial charge in [-0.05, 0) is 37.9 Å². The van der Waals surface area contributed by atoms with Gasteiger partial charge in [0.15, 0.2) is 5.78 Å². The molecule has 1 heterocycles. The monoisotopic (exact) mass is 401 g/mol. The van der Waals surface area contributed by atoms with E-state index in [4.69, 9.17) is 0 Å². The lowest BCUT2D eigenvalue weighted by Crippen LogP contribution is -2.28. The number of thiophene rings is 1. The van der Waals surface area contributed by atoms with Crippen LogP contribution in [0.2, 0.25) is 0 Å². The third kappa shape index (κ3) is 3.75. The Kier molecular flexibility index (Phi) is 4.90. The van der Waals surface area contributed by atoms with E-state index in [0.29, 0.717) is 10.4 Å². The van der Waals surface area contributed by atoms with Crippen LogP contribution in [0.25, 0.3) is 0 Å². The number of carbonyl (C=O) groups is 2. The van der Waals surface area contributed by atoms with E-state index in [-0.39, 0.29) is 18.2 Å². The van der Waals surface area contributed by atoms with Crippen molar-refractivity contribution in [3.05, 3.63) is 55.1 Å². The van der Waals surface area contributed by atoms with Crippen molar-refractivity contribution < 1.29 is 9.59 Å². The molecule has 0 unspecified atom stereocenters. The summed E-state index contributed by atoms with van der Waals surface area (Å²) in [5.41, 5.74) is 0.594. The summed E-state index contributed by atoms with van der Waals surface area (Å²) in [6.07, 6.45) is 0.